The molecule has 0 aliphatic carbocycles. The third kappa shape index (κ3) is 2.92. The molecule has 1 aromatic carbocycles. The van der Waals surface area contributed by atoms with Gasteiger partial charge in [-0.15, -0.1) is 0 Å². The second-order valence-electron chi connectivity index (χ2n) is 1.89. The third-order valence-electron chi connectivity index (χ3n) is 1.11. The molecule has 1 rings (SSSR count). The van der Waals surface area contributed by atoms with Crippen LogP contribution in [0.4, 0.5) is 5.69 Å². The first-order chi connectivity index (χ1) is 5.33. The number of aliphatic imine (C=N–C) groups is 1. The molecule has 0 aliphatic heterocycles. The quantitative estimate of drug-likeness (QED) is 0.452. The number of halogens is 1. The molecule has 0 heterocycles. The fourth-order valence-corrected chi connectivity index (χ4v) is 1.00. The zero-order chi connectivity index (χ0) is 8.10. The van der Waals surface area contributed by atoms with Crippen LogP contribution in [0, 0.1) is 3.57 Å². The van der Waals surface area contributed by atoms with Crippen molar-refractivity contribution < 1.29 is 4.70 Å². The van der Waals surface area contributed by atoms with Gasteiger partial charge in [-0.25, -0.2) is 0 Å². The molecular weight excluding hydrogens is 252 g/mol. The molecule has 0 radical (unpaired) electrons. The van der Waals surface area contributed by atoms with Crippen molar-refractivity contribution in [2.24, 2.45) is 4.99 Å². The molecule has 0 saturated carbocycles. The first-order valence-corrected chi connectivity index (χ1v) is 4.14. The first kappa shape index (κ1) is 8.58. The van der Waals surface area contributed by atoms with Crippen molar-refractivity contribution in [3.8, 4) is 0 Å². The van der Waals surface area contributed by atoms with Gasteiger partial charge in [-0.2, -0.15) is 0 Å². The van der Waals surface area contributed by atoms with E-state index < -0.39 is 0 Å². The second kappa shape index (κ2) is 4.38. The van der Waals surface area contributed by atoms with Crippen LogP contribution >= 0.6 is 22.6 Å². The molecule has 54 valence electrons. The number of benzene rings is 1. The Morgan fingerprint density at radius 3 is 2.55 bits per heavy atom. The Morgan fingerprint density at radius 2 is 2.00 bits per heavy atom. The standard InChI is InChI=1S/C7H5BINO/c9-6-1-3-7(4-2-6)10-5-8-11/h1-5H. The van der Waals surface area contributed by atoms with Gasteiger partial charge in [0, 0.05) is 0 Å². The Hall–Kier alpha value is -0.515. The van der Waals surface area contributed by atoms with Crippen molar-refractivity contribution in [3.05, 3.63) is 27.8 Å². The molecule has 0 spiro atoms. The van der Waals surface area contributed by atoms with Crippen molar-refractivity contribution in [1.29, 1.82) is 0 Å². The molecule has 11 heavy (non-hydrogen) atoms. The fourth-order valence-electron chi connectivity index (χ4n) is 0.644. The zero-order valence-corrected chi connectivity index (χ0v) is 7.86. The summed E-state index contributed by atoms with van der Waals surface area (Å²) in [7, 11) is 0.665. The van der Waals surface area contributed by atoms with E-state index in [2.05, 4.69) is 27.6 Å². The van der Waals surface area contributed by atoms with Crippen molar-refractivity contribution in [3.63, 3.8) is 0 Å². The van der Waals surface area contributed by atoms with Crippen molar-refractivity contribution in [1.82, 2.24) is 0 Å². The van der Waals surface area contributed by atoms with Crippen LogP contribution in [0.3, 0.4) is 0 Å². The Bertz CT molecular complexity index is 270. The predicted molar refractivity (Wildman–Crippen MR) is 53.8 cm³/mol. The number of rotatable bonds is 2. The summed E-state index contributed by atoms with van der Waals surface area (Å²) in [5, 5.41) is 0. The summed E-state index contributed by atoms with van der Waals surface area (Å²) < 4.78 is 11.1. The normalized spacial score (nSPS) is 9.91. The number of hydrogen-bond donors (Lipinski definition) is 0. The average molecular weight is 257 g/mol. The molecule has 1 aromatic rings. The van der Waals surface area contributed by atoms with Gasteiger partial charge in [0.25, 0.3) is 0 Å². The van der Waals surface area contributed by atoms with Crippen LogP contribution in [0.25, 0.3) is 0 Å². The first-order valence-electron chi connectivity index (χ1n) is 3.06. The molecular formula is C7H5BINO. The summed E-state index contributed by atoms with van der Waals surface area (Å²) in [6.45, 7) is 0. The van der Waals surface area contributed by atoms with Crippen molar-refractivity contribution in [2.75, 3.05) is 0 Å². The monoisotopic (exact) mass is 257 g/mol. The average Bonchev–Trinajstić information content (AvgIpc) is 2.04. The van der Waals surface area contributed by atoms with Crippen LogP contribution in [0.5, 0.6) is 0 Å². The molecule has 0 unspecified atom stereocenters. The molecule has 0 saturated heterocycles. The van der Waals surface area contributed by atoms with Crippen LogP contribution in [0.2, 0.25) is 0 Å². The van der Waals surface area contributed by atoms with Gasteiger partial charge < -0.3 is 0 Å². The van der Waals surface area contributed by atoms with Crippen molar-refractivity contribution >= 4 is 41.5 Å². The summed E-state index contributed by atoms with van der Waals surface area (Å²) in [5.74, 6) is 0. The van der Waals surface area contributed by atoms with Gasteiger partial charge in [-0.3, -0.25) is 0 Å². The van der Waals surface area contributed by atoms with Gasteiger partial charge in [0.15, 0.2) is 0 Å². The fraction of sp³-hybridized carbons (Fsp3) is 0. The minimum atomic E-state index is 0.665. The Balaban J connectivity index is 2.81. The van der Waals surface area contributed by atoms with E-state index in [-0.39, 0.29) is 0 Å². The Morgan fingerprint density at radius 1 is 1.36 bits per heavy atom. The Kier molecular flexibility index (Phi) is 3.42. The molecule has 0 atom stereocenters. The van der Waals surface area contributed by atoms with Gasteiger partial charge >= 0.3 is 79.1 Å². The molecule has 2 nitrogen and oxygen atoms in total. The summed E-state index contributed by atoms with van der Waals surface area (Å²) in [5.41, 5.74) is 0.803. The molecule has 0 amide bonds. The zero-order valence-electron chi connectivity index (χ0n) is 5.70. The number of nitrogens with zero attached hydrogens (tertiary/aromatic N) is 1. The van der Waals surface area contributed by atoms with E-state index in [0.717, 1.165) is 9.26 Å². The van der Waals surface area contributed by atoms with Crippen LogP contribution in [0.15, 0.2) is 29.3 Å². The van der Waals surface area contributed by atoms with E-state index >= 15 is 0 Å². The van der Waals surface area contributed by atoms with Crippen molar-refractivity contribution in [2.45, 2.75) is 0 Å². The SMILES string of the molecule is O=BC=Nc1ccc(I)cc1. The van der Waals surface area contributed by atoms with Gasteiger partial charge in [0.05, 0.1) is 0 Å². The maximum absolute atomic E-state index is 9.89. The van der Waals surface area contributed by atoms with E-state index in [0.29, 0.717) is 7.15 Å². The van der Waals surface area contributed by atoms with Gasteiger partial charge in [-0.1, -0.05) is 0 Å². The molecule has 0 fully saturated rings. The summed E-state index contributed by atoms with van der Waals surface area (Å²) >= 11 is 2.21. The maximum atomic E-state index is 9.89. The van der Waals surface area contributed by atoms with Crippen LogP contribution in [0.1, 0.15) is 0 Å². The predicted octanol–water partition coefficient (Wildman–Crippen LogP) is 2.00. The van der Waals surface area contributed by atoms with E-state index in [9.17, 15) is 4.70 Å². The number of hydrogen-bond acceptors (Lipinski definition) is 2. The second-order valence-corrected chi connectivity index (χ2v) is 3.14. The molecule has 0 N–H and O–H groups in total. The minimum absolute atomic E-state index is 0.665. The van der Waals surface area contributed by atoms with E-state index in [1.54, 1.807) is 0 Å². The Labute approximate surface area is 79.1 Å². The van der Waals surface area contributed by atoms with Gasteiger partial charge in [0.2, 0.25) is 0 Å². The summed E-state index contributed by atoms with van der Waals surface area (Å²) in [4.78, 5) is 3.87. The van der Waals surface area contributed by atoms with E-state index in [4.69, 9.17) is 0 Å². The summed E-state index contributed by atoms with van der Waals surface area (Å²) in [6.07, 6.45) is 1.24. The van der Waals surface area contributed by atoms with Crippen LogP contribution in [-0.4, -0.2) is 13.3 Å². The van der Waals surface area contributed by atoms with E-state index in [1.807, 2.05) is 24.3 Å². The van der Waals surface area contributed by atoms with Crippen LogP contribution < -0.4 is 0 Å². The van der Waals surface area contributed by atoms with Gasteiger partial charge in [0.1, 0.15) is 0 Å². The topological polar surface area (TPSA) is 29.4 Å². The van der Waals surface area contributed by atoms with Crippen LogP contribution in [-0.2, 0) is 4.70 Å². The molecule has 0 aliphatic rings. The van der Waals surface area contributed by atoms with E-state index in [1.165, 1.54) is 6.11 Å². The molecule has 4 heteroatoms. The van der Waals surface area contributed by atoms with Gasteiger partial charge in [-0.05, 0) is 0 Å². The molecule has 0 aromatic heterocycles. The molecule has 0 bridgehead atoms. The third-order valence-corrected chi connectivity index (χ3v) is 1.83. The summed E-state index contributed by atoms with van der Waals surface area (Å²) in [6, 6.07) is 7.61.